The lowest BCUT2D eigenvalue weighted by atomic mass is 10.1. The smallest absolute Gasteiger partial charge is 0.322 e. The van der Waals surface area contributed by atoms with E-state index in [9.17, 15) is 4.79 Å². The molecular formula is C16H21N5O3. The van der Waals surface area contributed by atoms with Crippen LogP contribution in [0.25, 0.3) is 0 Å². The van der Waals surface area contributed by atoms with Gasteiger partial charge in [0.2, 0.25) is 0 Å². The Bertz CT molecular complexity index is 689. The van der Waals surface area contributed by atoms with Gasteiger partial charge >= 0.3 is 5.97 Å². The Morgan fingerprint density at radius 3 is 3.04 bits per heavy atom. The van der Waals surface area contributed by atoms with Gasteiger partial charge in [0.15, 0.2) is 0 Å². The largest absolute Gasteiger partial charge is 0.496 e. The van der Waals surface area contributed by atoms with E-state index in [1.165, 1.54) is 6.33 Å². The molecule has 0 saturated carbocycles. The Balaban J connectivity index is 1.72. The highest BCUT2D eigenvalue weighted by atomic mass is 16.5. The van der Waals surface area contributed by atoms with Crippen molar-refractivity contribution in [1.29, 1.82) is 0 Å². The molecule has 0 aliphatic carbocycles. The summed E-state index contributed by atoms with van der Waals surface area (Å²) >= 11 is 0. The molecule has 24 heavy (non-hydrogen) atoms. The first-order valence-electron chi connectivity index (χ1n) is 7.82. The van der Waals surface area contributed by atoms with E-state index >= 15 is 0 Å². The van der Waals surface area contributed by atoms with E-state index in [1.807, 2.05) is 12.1 Å². The molecule has 0 bridgehead atoms. The fourth-order valence-corrected chi connectivity index (χ4v) is 2.92. The second-order valence-electron chi connectivity index (χ2n) is 5.82. The van der Waals surface area contributed by atoms with Crippen LogP contribution < -0.4 is 10.1 Å². The number of hydrogen-bond acceptors (Lipinski definition) is 6. The van der Waals surface area contributed by atoms with Crippen molar-refractivity contribution < 1.29 is 14.6 Å². The van der Waals surface area contributed by atoms with Gasteiger partial charge in [-0.3, -0.25) is 9.69 Å². The normalized spacial score (nSPS) is 18.5. The first kappa shape index (κ1) is 16.4. The molecule has 1 aliphatic rings. The molecule has 8 nitrogen and oxygen atoms in total. The van der Waals surface area contributed by atoms with Gasteiger partial charge in [-0.2, -0.15) is 5.10 Å². The molecule has 1 atom stereocenters. The highest BCUT2D eigenvalue weighted by molar-refractivity contribution is 5.73. The van der Waals surface area contributed by atoms with E-state index in [2.05, 4.69) is 26.4 Å². The lowest BCUT2D eigenvalue weighted by Crippen LogP contribution is -2.53. The molecule has 1 aromatic heterocycles. The molecule has 1 saturated heterocycles. The van der Waals surface area contributed by atoms with Gasteiger partial charge < -0.3 is 15.2 Å². The summed E-state index contributed by atoms with van der Waals surface area (Å²) in [6.45, 7) is 3.29. The molecular weight excluding hydrogens is 310 g/mol. The van der Waals surface area contributed by atoms with Crippen LogP contribution in [-0.2, 0) is 17.9 Å². The zero-order valence-corrected chi connectivity index (χ0v) is 13.6. The van der Waals surface area contributed by atoms with E-state index in [0.717, 1.165) is 23.4 Å². The maximum atomic E-state index is 11.1. The Labute approximate surface area is 140 Å². The third kappa shape index (κ3) is 3.90. The van der Waals surface area contributed by atoms with Crippen LogP contribution in [0.4, 0.5) is 0 Å². The maximum Gasteiger partial charge on any atom is 0.322 e. The van der Waals surface area contributed by atoms with Gasteiger partial charge in [-0.25, -0.2) is 9.67 Å². The maximum absolute atomic E-state index is 11.1. The minimum Gasteiger partial charge on any atom is -0.496 e. The zero-order chi connectivity index (χ0) is 16.9. The van der Waals surface area contributed by atoms with Crippen molar-refractivity contribution in [3.63, 3.8) is 0 Å². The third-order valence-electron chi connectivity index (χ3n) is 4.11. The number of nitrogens with zero attached hydrogens (tertiary/aromatic N) is 4. The number of ether oxygens (including phenoxy) is 1. The topological polar surface area (TPSA) is 92.5 Å². The number of methoxy groups -OCH3 is 1. The fraction of sp³-hybridized carbons (Fsp3) is 0.438. The van der Waals surface area contributed by atoms with Crippen LogP contribution in [-0.4, -0.2) is 63.5 Å². The summed E-state index contributed by atoms with van der Waals surface area (Å²) in [6, 6.07) is 5.53. The first-order chi connectivity index (χ1) is 11.7. The van der Waals surface area contributed by atoms with Crippen molar-refractivity contribution in [3.8, 4) is 5.75 Å². The number of rotatable bonds is 6. The molecule has 128 valence electrons. The second kappa shape index (κ2) is 7.41. The number of nitrogens with one attached hydrogen (secondary N) is 1. The van der Waals surface area contributed by atoms with Crippen molar-refractivity contribution in [1.82, 2.24) is 25.0 Å². The minimum absolute atomic E-state index is 0.500. The molecule has 1 unspecified atom stereocenters. The molecule has 3 rings (SSSR count). The predicted octanol–water partition coefficient (Wildman–Crippen LogP) is 0.193. The average molecular weight is 331 g/mol. The number of piperazine rings is 1. The van der Waals surface area contributed by atoms with Crippen LogP contribution in [0.1, 0.15) is 11.1 Å². The van der Waals surface area contributed by atoms with Crippen molar-refractivity contribution in [3.05, 3.63) is 42.0 Å². The Kier molecular flexibility index (Phi) is 5.07. The summed E-state index contributed by atoms with van der Waals surface area (Å²) in [5.41, 5.74) is 2.14. The number of hydrogen-bond donors (Lipinski definition) is 2. The van der Waals surface area contributed by atoms with Crippen LogP contribution >= 0.6 is 0 Å². The molecule has 2 aromatic rings. The Morgan fingerprint density at radius 2 is 2.33 bits per heavy atom. The van der Waals surface area contributed by atoms with Gasteiger partial charge in [0, 0.05) is 31.7 Å². The molecule has 0 spiro atoms. The molecule has 0 radical (unpaired) electrons. The number of carbonyl (C=O) groups is 1. The van der Waals surface area contributed by atoms with Gasteiger partial charge in [-0.15, -0.1) is 0 Å². The fourth-order valence-electron chi connectivity index (χ4n) is 2.92. The molecule has 1 aromatic carbocycles. The summed E-state index contributed by atoms with van der Waals surface area (Å²) in [5.74, 6) is -0.000671. The van der Waals surface area contributed by atoms with E-state index in [4.69, 9.17) is 9.84 Å². The van der Waals surface area contributed by atoms with Gasteiger partial charge in [-0.05, 0) is 17.7 Å². The van der Waals surface area contributed by atoms with Crippen molar-refractivity contribution >= 4 is 5.97 Å². The third-order valence-corrected chi connectivity index (χ3v) is 4.11. The molecule has 2 heterocycles. The van der Waals surface area contributed by atoms with Crippen molar-refractivity contribution in [2.75, 3.05) is 26.7 Å². The summed E-state index contributed by atoms with van der Waals surface area (Å²) in [4.78, 5) is 17.3. The van der Waals surface area contributed by atoms with Gasteiger partial charge in [-0.1, -0.05) is 6.07 Å². The summed E-state index contributed by atoms with van der Waals surface area (Å²) in [5, 5.41) is 16.3. The van der Waals surface area contributed by atoms with E-state index < -0.39 is 12.0 Å². The van der Waals surface area contributed by atoms with Crippen molar-refractivity contribution in [2.24, 2.45) is 0 Å². The zero-order valence-electron chi connectivity index (χ0n) is 13.6. The lowest BCUT2D eigenvalue weighted by molar-refractivity contribution is -0.140. The molecule has 1 fully saturated rings. The van der Waals surface area contributed by atoms with E-state index in [1.54, 1.807) is 18.1 Å². The number of aromatic nitrogens is 3. The predicted molar refractivity (Wildman–Crippen MR) is 86.8 cm³/mol. The molecule has 2 N–H and O–H groups in total. The molecule has 8 heteroatoms. The number of carboxylic acids is 1. The highest BCUT2D eigenvalue weighted by Gasteiger charge is 2.24. The van der Waals surface area contributed by atoms with Crippen LogP contribution in [0.15, 0.2) is 30.9 Å². The Hall–Kier alpha value is -2.45. The van der Waals surface area contributed by atoms with Crippen LogP contribution in [0.5, 0.6) is 5.75 Å². The summed E-state index contributed by atoms with van der Waals surface area (Å²) in [7, 11) is 1.65. The minimum atomic E-state index is -0.804. The summed E-state index contributed by atoms with van der Waals surface area (Å²) < 4.78 is 7.17. The van der Waals surface area contributed by atoms with E-state index in [0.29, 0.717) is 26.2 Å². The second-order valence-corrected chi connectivity index (χ2v) is 5.82. The van der Waals surface area contributed by atoms with Crippen LogP contribution in [0.3, 0.4) is 0 Å². The quantitative estimate of drug-likeness (QED) is 0.781. The SMILES string of the molecule is COc1ccc(CN2CCNC(C(=O)O)C2)cc1Cn1cncn1. The van der Waals surface area contributed by atoms with Crippen LogP contribution in [0.2, 0.25) is 0 Å². The number of aliphatic carboxylic acids is 1. The lowest BCUT2D eigenvalue weighted by Gasteiger charge is -2.31. The van der Waals surface area contributed by atoms with Gasteiger partial charge in [0.25, 0.3) is 0 Å². The first-order valence-corrected chi connectivity index (χ1v) is 7.82. The average Bonchev–Trinajstić information content (AvgIpc) is 3.08. The molecule has 1 aliphatic heterocycles. The Morgan fingerprint density at radius 1 is 1.46 bits per heavy atom. The standard InChI is InChI=1S/C16H21N5O3/c1-24-15-3-2-12(6-13(15)8-21-11-17-10-19-21)7-20-5-4-18-14(9-20)16(22)23/h2-3,6,10-11,14,18H,4-5,7-9H2,1H3,(H,22,23). The van der Waals surface area contributed by atoms with Gasteiger partial charge in [0.1, 0.15) is 24.4 Å². The number of carboxylic acid groups (broad SMARTS) is 1. The van der Waals surface area contributed by atoms with E-state index in [-0.39, 0.29) is 0 Å². The van der Waals surface area contributed by atoms with Crippen LogP contribution in [0, 0.1) is 0 Å². The monoisotopic (exact) mass is 331 g/mol. The number of benzene rings is 1. The molecule has 0 amide bonds. The highest BCUT2D eigenvalue weighted by Crippen LogP contribution is 2.22. The van der Waals surface area contributed by atoms with Gasteiger partial charge in [0.05, 0.1) is 13.7 Å². The summed E-state index contributed by atoms with van der Waals surface area (Å²) in [6.07, 6.45) is 3.17. The van der Waals surface area contributed by atoms with Crippen molar-refractivity contribution in [2.45, 2.75) is 19.1 Å².